The molecule has 0 spiro atoms. The number of nitroso groups, excluding NO2 is 1. The summed E-state index contributed by atoms with van der Waals surface area (Å²) in [6.07, 6.45) is 6.03. The van der Waals surface area contributed by atoms with Crippen LogP contribution in [0.1, 0.15) is 16.7 Å². The number of methoxy groups -OCH3 is 1. The number of ether oxygens (including phenoxy) is 1. The fourth-order valence-corrected chi connectivity index (χ4v) is 5.29. The number of fused-ring (bicyclic) bond motifs is 1. The van der Waals surface area contributed by atoms with Crippen LogP contribution in [0.5, 0.6) is 5.75 Å². The Balaban J connectivity index is 1.42. The number of hydrogen-bond donors (Lipinski definition) is 2. The van der Waals surface area contributed by atoms with Crippen molar-refractivity contribution in [2.45, 2.75) is 32.5 Å². The van der Waals surface area contributed by atoms with Crippen LogP contribution in [0.2, 0.25) is 0 Å². The Bertz CT molecular complexity index is 1520. The van der Waals surface area contributed by atoms with Gasteiger partial charge >= 0.3 is 6.03 Å². The summed E-state index contributed by atoms with van der Waals surface area (Å²) >= 11 is 0. The Morgan fingerprint density at radius 1 is 1.22 bits per heavy atom. The first-order valence-electron chi connectivity index (χ1n) is 12.9. The molecule has 0 saturated carbocycles. The molecule has 41 heavy (non-hydrogen) atoms. The summed E-state index contributed by atoms with van der Waals surface area (Å²) < 4.78 is 5.43. The van der Waals surface area contributed by atoms with E-state index in [2.05, 4.69) is 42.3 Å². The van der Waals surface area contributed by atoms with Gasteiger partial charge in [0.1, 0.15) is 29.4 Å². The van der Waals surface area contributed by atoms with Gasteiger partial charge in [-0.1, -0.05) is 6.58 Å². The van der Waals surface area contributed by atoms with E-state index in [0.29, 0.717) is 53.0 Å². The molecule has 2 aliphatic rings. The topological polar surface area (TPSA) is 158 Å². The molecular weight excluding hydrogens is 528 g/mol. The highest BCUT2D eigenvalue weighted by Gasteiger charge is 2.37. The van der Waals surface area contributed by atoms with Gasteiger partial charge < -0.3 is 20.3 Å². The van der Waals surface area contributed by atoms with E-state index in [1.54, 1.807) is 43.4 Å². The van der Waals surface area contributed by atoms with Crippen molar-refractivity contribution in [3.8, 4) is 5.75 Å². The van der Waals surface area contributed by atoms with Crippen molar-refractivity contribution < 1.29 is 14.3 Å². The van der Waals surface area contributed by atoms with Crippen LogP contribution in [0.15, 0.2) is 48.7 Å². The number of nitrogens with zero attached hydrogens (tertiary/aromatic N) is 8. The third-order valence-electron chi connectivity index (χ3n) is 7.36. The maximum Gasteiger partial charge on any atom is 0.330 e. The largest absolute Gasteiger partial charge is 0.496 e. The lowest BCUT2D eigenvalue weighted by Gasteiger charge is -2.36. The third-order valence-corrected chi connectivity index (χ3v) is 7.36. The number of hydrogen-bond acceptors (Lipinski definition) is 11. The van der Waals surface area contributed by atoms with Crippen LogP contribution < -0.4 is 30.1 Å². The molecule has 4 heterocycles. The lowest BCUT2D eigenvalue weighted by Crippen LogP contribution is -2.47. The molecule has 1 fully saturated rings. The molecule has 2 aromatic heterocycles. The summed E-state index contributed by atoms with van der Waals surface area (Å²) in [7, 11) is 3.13. The van der Waals surface area contributed by atoms with E-state index in [1.807, 2.05) is 11.8 Å². The number of carbonyl (C=O) groups excluding carboxylic acids is 2. The first-order valence-corrected chi connectivity index (χ1v) is 12.9. The molecule has 5 rings (SSSR count). The molecule has 2 N–H and O–H groups in total. The highest BCUT2D eigenvalue weighted by atomic mass is 16.5. The maximum absolute atomic E-state index is 13.6. The average molecular weight is 559 g/mol. The Hall–Kier alpha value is -5.14. The molecule has 2 unspecified atom stereocenters. The first kappa shape index (κ1) is 27.4. The number of anilines is 4. The summed E-state index contributed by atoms with van der Waals surface area (Å²) in [4.78, 5) is 59.8. The van der Waals surface area contributed by atoms with E-state index >= 15 is 0 Å². The van der Waals surface area contributed by atoms with Gasteiger partial charge in [0.25, 0.3) is 0 Å². The number of nitrogens with one attached hydrogen (secondary N) is 2. The Labute approximate surface area is 236 Å². The smallest absolute Gasteiger partial charge is 0.330 e. The van der Waals surface area contributed by atoms with Crippen molar-refractivity contribution in [2.75, 3.05) is 47.3 Å². The van der Waals surface area contributed by atoms with E-state index < -0.39 is 0 Å². The number of aromatic nitrogens is 4. The molecule has 1 aromatic carbocycles. The van der Waals surface area contributed by atoms with Crippen LogP contribution in [-0.4, -0.2) is 71.2 Å². The SMILES string of the molecule is C=CC(=O)NC1CN(c2ccncn2)CC1Nc1ncc2c(n1)N(C)C(=O)N(c1c(C)c(N=O)cc(OC)c1C)C2. The second-order valence-corrected chi connectivity index (χ2v) is 9.80. The highest BCUT2D eigenvalue weighted by Crippen LogP contribution is 2.41. The molecule has 1 saturated heterocycles. The summed E-state index contributed by atoms with van der Waals surface area (Å²) in [5.41, 5.74) is 2.75. The predicted octanol–water partition coefficient (Wildman–Crippen LogP) is 2.84. The van der Waals surface area contributed by atoms with Gasteiger partial charge in [-0.15, -0.1) is 4.91 Å². The summed E-state index contributed by atoms with van der Waals surface area (Å²) in [5, 5.41) is 9.41. The van der Waals surface area contributed by atoms with Crippen LogP contribution in [0.25, 0.3) is 0 Å². The zero-order chi connectivity index (χ0) is 29.3. The normalized spacial score (nSPS) is 18.1. The van der Waals surface area contributed by atoms with E-state index in [9.17, 15) is 14.5 Å². The van der Waals surface area contributed by atoms with Gasteiger partial charge in [0, 0.05) is 55.3 Å². The molecule has 0 radical (unpaired) electrons. The molecule has 0 bridgehead atoms. The van der Waals surface area contributed by atoms with Gasteiger partial charge in [-0.2, -0.15) is 4.98 Å². The van der Waals surface area contributed by atoms with E-state index in [0.717, 1.165) is 5.82 Å². The van der Waals surface area contributed by atoms with E-state index in [4.69, 9.17) is 4.74 Å². The van der Waals surface area contributed by atoms with Crippen molar-refractivity contribution in [1.29, 1.82) is 0 Å². The number of benzene rings is 1. The fraction of sp³-hybridized carbons (Fsp3) is 0.333. The lowest BCUT2D eigenvalue weighted by molar-refractivity contribution is -0.117. The van der Waals surface area contributed by atoms with Gasteiger partial charge in [0.2, 0.25) is 11.9 Å². The molecule has 3 amide bonds. The van der Waals surface area contributed by atoms with Gasteiger partial charge in [-0.25, -0.2) is 19.7 Å². The molecule has 2 aliphatic heterocycles. The zero-order valence-corrected chi connectivity index (χ0v) is 23.2. The quantitative estimate of drug-likeness (QED) is 0.311. The number of urea groups is 1. The molecule has 212 valence electrons. The van der Waals surface area contributed by atoms with Crippen LogP contribution in [-0.2, 0) is 11.3 Å². The number of amides is 3. The Morgan fingerprint density at radius 3 is 2.68 bits per heavy atom. The second kappa shape index (κ2) is 11.2. The van der Waals surface area contributed by atoms with Crippen molar-refractivity contribution in [1.82, 2.24) is 25.3 Å². The molecule has 0 aliphatic carbocycles. The standard InChI is InChI=1S/C27H30N10O4/c1-6-23(38)31-19-12-36(22-7-8-28-14-30-22)13-20(19)32-26-29-10-17-11-37(27(39)35(4)25(17)33-26)24-15(2)18(34-40)9-21(41-5)16(24)3/h6-10,14,19-20H,1,11-13H2,2-5H3,(H,31,38)(H,29,32,33). The monoisotopic (exact) mass is 558 g/mol. The van der Waals surface area contributed by atoms with Gasteiger partial charge in [-0.05, 0) is 31.2 Å². The highest BCUT2D eigenvalue weighted by molar-refractivity contribution is 6.06. The molecule has 14 nitrogen and oxygen atoms in total. The van der Waals surface area contributed by atoms with Gasteiger partial charge in [0.15, 0.2) is 0 Å². The van der Waals surface area contributed by atoms with Crippen molar-refractivity contribution in [3.05, 3.63) is 65.1 Å². The summed E-state index contributed by atoms with van der Waals surface area (Å²) in [6, 6.07) is 2.49. The molecule has 3 aromatic rings. The average Bonchev–Trinajstić information content (AvgIpc) is 3.38. The summed E-state index contributed by atoms with van der Waals surface area (Å²) in [6.45, 7) is 8.34. The van der Waals surface area contributed by atoms with Crippen LogP contribution in [0.3, 0.4) is 0 Å². The van der Waals surface area contributed by atoms with Crippen LogP contribution >= 0.6 is 0 Å². The van der Waals surface area contributed by atoms with Gasteiger partial charge in [-0.3, -0.25) is 14.6 Å². The minimum absolute atomic E-state index is 0.189. The van der Waals surface area contributed by atoms with Gasteiger partial charge in [0.05, 0.1) is 31.4 Å². The molecule has 14 heteroatoms. The van der Waals surface area contributed by atoms with E-state index in [-0.39, 0.29) is 36.3 Å². The molecule has 2 atom stereocenters. The number of carbonyl (C=O) groups is 2. The first-order chi connectivity index (χ1) is 19.7. The van der Waals surface area contributed by atoms with Crippen LogP contribution in [0.4, 0.5) is 33.8 Å². The fourth-order valence-electron chi connectivity index (χ4n) is 5.29. The number of rotatable bonds is 8. The maximum atomic E-state index is 13.6. The van der Waals surface area contributed by atoms with Crippen LogP contribution in [0, 0.1) is 18.8 Å². The van der Waals surface area contributed by atoms with Crippen molar-refractivity contribution >= 4 is 40.9 Å². The Morgan fingerprint density at radius 2 is 2.00 bits per heavy atom. The lowest BCUT2D eigenvalue weighted by atomic mass is 10.0. The Kier molecular flexibility index (Phi) is 7.46. The van der Waals surface area contributed by atoms with Crippen molar-refractivity contribution in [2.24, 2.45) is 5.18 Å². The van der Waals surface area contributed by atoms with E-state index in [1.165, 1.54) is 24.4 Å². The minimum Gasteiger partial charge on any atom is -0.496 e. The summed E-state index contributed by atoms with van der Waals surface area (Å²) in [5.74, 6) is 1.66. The van der Waals surface area contributed by atoms with Crippen molar-refractivity contribution in [3.63, 3.8) is 0 Å². The predicted molar refractivity (Wildman–Crippen MR) is 154 cm³/mol. The minimum atomic E-state index is -0.328. The second-order valence-electron chi connectivity index (χ2n) is 9.80. The zero-order valence-electron chi connectivity index (χ0n) is 23.2. The third kappa shape index (κ3) is 5.11. The molecular formula is C27H30N10O4.